The SMILES string of the molecule is CCCC/C=C\CCCCCCCC(=O)OC(COC(=O)CCCCCCCCC/C=C\CCCCCC)COC(=O)CCCCCCCCCCCCC. The highest BCUT2D eigenvalue weighted by molar-refractivity contribution is 5.71. The zero-order chi connectivity index (χ0) is 40.1. The molecular weight excluding hydrogens is 685 g/mol. The van der Waals surface area contributed by atoms with Crippen LogP contribution >= 0.6 is 0 Å². The van der Waals surface area contributed by atoms with Gasteiger partial charge in [-0.25, -0.2) is 0 Å². The maximum Gasteiger partial charge on any atom is 0.306 e. The summed E-state index contributed by atoms with van der Waals surface area (Å²) in [6.07, 6.45) is 48.7. The number of unbranched alkanes of at least 4 members (excludes halogenated alkanes) is 28. The van der Waals surface area contributed by atoms with E-state index in [1.54, 1.807) is 0 Å². The molecule has 0 aliphatic carbocycles. The molecular formula is C49H90O6. The van der Waals surface area contributed by atoms with Crippen LogP contribution in [0.1, 0.15) is 252 Å². The van der Waals surface area contributed by atoms with E-state index in [2.05, 4.69) is 45.1 Å². The highest BCUT2D eigenvalue weighted by atomic mass is 16.6. The second-order valence-electron chi connectivity index (χ2n) is 16.0. The van der Waals surface area contributed by atoms with Crippen molar-refractivity contribution in [3.05, 3.63) is 24.3 Å². The quantitative estimate of drug-likeness (QED) is 0.0266. The predicted octanol–water partition coefficient (Wildman–Crippen LogP) is 15.2. The van der Waals surface area contributed by atoms with Gasteiger partial charge in [0.15, 0.2) is 6.10 Å². The maximum atomic E-state index is 12.7. The van der Waals surface area contributed by atoms with Crippen molar-refractivity contribution >= 4 is 17.9 Å². The van der Waals surface area contributed by atoms with Gasteiger partial charge in [-0.3, -0.25) is 14.4 Å². The van der Waals surface area contributed by atoms with Crippen LogP contribution in [0.25, 0.3) is 0 Å². The molecule has 0 radical (unpaired) electrons. The van der Waals surface area contributed by atoms with E-state index in [-0.39, 0.29) is 31.1 Å². The minimum Gasteiger partial charge on any atom is -0.462 e. The van der Waals surface area contributed by atoms with Gasteiger partial charge in [0, 0.05) is 19.3 Å². The fourth-order valence-corrected chi connectivity index (χ4v) is 6.77. The molecule has 0 N–H and O–H groups in total. The first kappa shape index (κ1) is 52.9. The molecule has 0 aromatic heterocycles. The molecule has 0 saturated heterocycles. The van der Waals surface area contributed by atoms with Crippen molar-refractivity contribution in [2.45, 2.75) is 258 Å². The molecule has 1 atom stereocenters. The van der Waals surface area contributed by atoms with Crippen molar-refractivity contribution in [1.29, 1.82) is 0 Å². The Kier molecular flexibility index (Phi) is 42.9. The van der Waals surface area contributed by atoms with E-state index >= 15 is 0 Å². The number of carbonyl (C=O) groups excluding carboxylic acids is 3. The minimum absolute atomic E-state index is 0.0730. The molecule has 0 bridgehead atoms. The summed E-state index contributed by atoms with van der Waals surface area (Å²) < 4.78 is 16.7. The Morgan fingerprint density at radius 3 is 0.982 bits per heavy atom. The molecule has 322 valence electrons. The van der Waals surface area contributed by atoms with Crippen LogP contribution in [0.2, 0.25) is 0 Å². The highest BCUT2D eigenvalue weighted by Gasteiger charge is 2.19. The van der Waals surface area contributed by atoms with Crippen molar-refractivity contribution in [3.8, 4) is 0 Å². The second-order valence-corrected chi connectivity index (χ2v) is 16.0. The lowest BCUT2D eigenvalue weighted by Crippen LogP contribution is -2.30. The molecule has 6 heteroatoms. The van der Waals surface area contributed by atoms with E-state index in [4.69, 9.17) is 14.2 Å². The third-order valence-electron chi connectivity index (χ3n) is 10.4. The van der Waals surface area contributed by atoms with Gasteiger partial charge in [-0.15, -0.1) is 0 Å². The summed E-state index contributed by atoms with van der Waals surface area (Å²) in [6.45, 7) is 6.58. The number of carbonyl (C=O) groups is 3. The first-order valence-corrected chi connectivity index (χ1v) is 23.8. The van der Waals surface area contributed by atoms with Gasteiger partial charge in [-0.05, 0) is 64.2 Å². The summed E-state index contributed by atoms with van der Waals surface area (Å²) in [6, 6.07) is 0. The third kappa shape index (κ3) is 42.9. The largest absolute Gasteiger partial charge is 0.462 e. The number of hydrogen-bond donors (Lipinski definition) is 0. The van der Waals surface area contributed by atoms with Crippen molar-refractivity contribution < 1.29 is 28.6 Å². The zero-order valence-electron chi connectivity index (χ0n) is 36.7. The molecule has 55 heavy (non-hydrogen) atoms. The lowest BCUT2D eigenvalue weighted by atomic mass is 10.1. The second kappa shape index (κ2) is 44.6. The van der Waals surface area contributed by atoms with Crippen LogP contribution in [0.4, 0.5) is 0 Å². The third-order valence-corrected chi connectivity index (χ3v) is 10.4. The number of hydrogen-bond acceptors (Lipinski definition) is 6. The van der Waals surface area contributed by atoms with Crippen molar-refractivity contribution in [3.63, 3.8) is 0 Å². The van der Waals surface area contributed by atoms with E-state index in [1.807, 2.05) is 0 Å². The first-order chi connectivity index (χ1) is 27.0. The normalized spacial score (nSPS) is 12.1. The smallest absolute Gasteiger partial charge is 0.306 e. The number of rotatable bonds is 43. The van der Waals surface area contributed by atoms with Crippen molar-refractivity contribution in [2.24, 2.45) is 0 Å². The van der Waals surface area contributed by atoms with Crippen molar-refractivity contribution in [1.82, 2.24) is 0 Å². The van der Waals surface area contributed by atoms with Gasteiger partial charge >= 0.3 is 17.9 Å². The molecule has 0 aromatic carbocycles. The van der Waals surface area contributed by atoms with E-state index in [1.165, 1.54) is 141 Å². The van der Waals surface area contributed by atoms with Crippen LogP contribution in [0.3, 0.4) is 0 Å². The monoisotopic (exact) mass is 775 g/mol. The van der Waals surface area contributed by atoms with Crippen LogP contribution in [-0.2, 0) is 28.6 Å². The molecule has 0 spiro atoms. The molecule has 0 aromatic rings. The van der Waals surface area contributed by atoms with E-state index in [9.17, 15) is 14.4 Å². The Morgan fingerprint density at radius 2 is 0.618 bits per heavy atom. The summed E-state index contributed by atoms with van der Waals surface area (Å²) in [4.78, 5) is 37.7. The number of esters is 3. The van der Waals surface area contributed by atoms with Crippen LogP contribution in [0.15, 0.2) is 24.3 Å². The summed E-state index contributed by atoms with van der Waals surface area (Å²) in [5, 5.41) is 0. The van der Waals surface area contributed by atoms with E-state index < -0.39 is 6.10 Å². The number of allylic oxidation sites excluding steroid dienone is 4. The van der Waals surface area contributed by atoms with Gasteiger partial charge in [0.25, 0.3) is 0 Å². The molecule has 0 aliphatic rings. The fraction of sp³-hybridized carbons (Fsp3) is 0.857. The Balaban J connectivity index is 4.34. The summed E-state index contributed by atoms with van der Waals surface area (Å²) in [5.74, 6) is -0.882. The Bertz CT molecular complexity index is 896. The Hall–Kier alpha value is -2.11. The van der Waals surface area contributed by atoms with E-state index in [0.717, 1.165) is 70.6 Å². The Labute approximate surface area is 341 Å². The maximum absolute atomic E-state index is 12.7. The summed E-state index contributed by atoms with van der Waals surface area (Å²) in [5.41, 5.74) is 0. The fourth-order valence-electron chi connectivity index (χ4n) is 6.77. The highest BCUT2D eigenvalue weighted by Crippen LogP contribution is 2.15. The van der Waals surface area contributed by atoms with Crippen LogP contribution in [0, 0.1) is 0 Å². The van der Waals surface area contributed by atoms with Gasteiger partial charge in [-0.1, -0.05) is 193 Å². The molecule has 0 heterocycles. The first-order valence-electron chi connectivity index (χ1n) is 23.8. The molecule has 6 nitrogen and oxygen atoms in total. The van der Waals surface area contributed by atoms with Gasteiger partial charge in [0.1, 0.15) is 13.2 Å². The van der Waals surface area contributed by atoms with Gasteiger partial charge in [-0.2, -0.15) is 0 Å². The predicted molar refractivity (Wildman–Crippen MR) is 233 cm³/mol. The average molecular weight is 775 g/mol. The van der Waals surface area contributed by atoms with Crippen LogP contribution in [-0.4, -0.2) is 37.2 Å². The Morgan fingerprint density at radius 1 is 0.345 bits per heavy atom. The van der Waals surface area contributed by atoms with Gasteiger partial charge < -0.3 is 14.2 Å². The summed E-state index contributed by atoms with van der Waals surface area (Å²) >= 11 is 0. The standard InChI is InChI=1S/C49H90O6/c1-4-7-10-13-16-19-22-23-24-25-28-30-33-36-39-42-48(51)54-45-46(55-49(52)43-40-37-34-31-27-21-18-15-12-9-6-3)44-53-47(50)41-38-35-32-29-26-20-17-14-11-8-5-2/h15,18-19,22,46H,4-14,16-17,20-21,23-45H2,1-3H3/b18-15-,22-19-. The van der Waals surface area contributed by atoms with Crippen LogP contribution < -0.4 is 0 Å². The lowest BCUT2D eigenvalue weighted by molar-refractivity contribution is -0.167. The topological polar surface area (TPSA) is 78.9 Å². The average Bonchev–Trinajstić information content (AvgIpc) is 3.18. The lowest BCUT2D eigenvalue weighted by Gasteiger charge is -2.18. The molecule has 0 amide bonds. The number of ether oxygens (including phenoxy) is 3. The molecule has 0 rings (SSSR count). The molecule has 0 aliphatic heterocycles. The van der Waals surface area contributed by atoms with Gasteiger partial charge in [0.05, 0.1) is 0 Å². The van der Waals surface area contributed by atoms with Crippen molar-refractivity contribution in [2.75, 3.05) is 13.2 Å². The van der Waals surface area contributed by atoms with E-state index in [0.29, 0.717) is 19.3 Å². The summed E-state index contributed by atoms with van der Waals surface area (Å²) in [7, 11) is 0. The molecule has 0 fully saturated rings. The van der Waals surface area contributed by atoms with Gasteiger partial charge in [0.2, 0.25) is 0 Å². The van der Waals surface area contributed by atoms with Crippen LogP contribution in [0.5, 0.6) is 0 Å². The molecule has 0 saturated carbocycles. The zero-order valence-corrected chi connectivity index (χ0v) is 36.7. The minimum atomic E-state index is -0.770. The molecule has 1 unspecified atom stereocenters.